The van der Waals surface area contributed by atoms with Crippen LogP contribution in [0.1, 0.15) is 37.0 Å². The van der Waals surface area contributed by atoms with Crippen LogP contribution in [0.25, 0.3) is 0 Å². The Kier molecular flexibility index (Phi) is 5.82. The summed E-state index contributed by atoms with van der Waals surface area (Å²) in [6.07, 6.45) is 1.16. The van der Waals surface area contributed by atoms with Gasteiger partial charge in [0.15, 0.2) is 11.5 Å². The molecule has 0 aliphatic heterocycles. The van der Waals surface area contributed by atoms with Crippen LogP contribution in [0.5, 0.6) is 11.5 Å². The van der Waals surface area contributed by atoms with E-state index in [1.165, 1.54) is 14.2 Å². The van der Waals surface area contributed by atoms with Crippen molar-refractivity contribution in [2.45, 2.75) is 32.3 Å². The number of benzene rings is 1. The number of amides is 1. The van der Waals surface area contributed by atoms with Gasteiger partial charge in [-0.2, -0.15) is 0 Å². The first kappa shape index (κ1) is 16.3. The molecule has 0 fully saturated rings. The van der Waals surface area contributed by atoms with Gasteiger partial charge in [-0.15, -0.1) is 0 Å². The lowest BCUT2D eigenvalue weighted by atomic mass is 9.97. The van der Waals surface area contributed by atoms with Crippen LogP contribution in [0, 0.1) is 0 Å². The molecule has 0 saturated carbocycles. The fraction of sp³-hybridized carbons (Fsp3) is 0.533. The second kappa shape index (κ2) is 7.14. The summed E-state index contributed by atoms with van der Waals surface area (Å²) in [5.74, 6) is 0.603. The van der Waals surface area contributed by atoms with Gasteiger partial charge < -0.3 is 19.9 Å². The molecule has 1 amide bonds. The monoisotopic (exact) mass is 281 g/mol. The molecule has 0 aromatic heterocycles. The number of carbonyl (C=O) groups excluding carboxylic acids is 1. The second-order valence-electron chi connectivity index (χ2n) is 4.66. The summed E-state index contributed by atoms with van der Waals surface area (Å²) in [7, 11) is 3.01. The predicted molar refractivity (Wildman–Crippen MR) is 77.4 cm³/mol. The van der Waals surface area contributed by atoms with Crippen molar-refractivity contribution in [1.82, 2.24) is 5.32 Å². The van der Waals surface area contributed by atoms with Gasteiger partial charge in [0.2, 0.25) is 0 Å². The van der Waals surface area contributed by atoms with E-state index >= 15 is 0 Å². The molecule has 1 rings (SSSR count). The highest BCUT2D eigenvalue weighted by Crippen LogP contribution is 2.30. The van der Waals surface area contributed by atoms with Crippen molar-refractivity contribution in [2.24, 2.45) is 0 Å². The summed E-state index contributed by atoms with van der Waals surface area (Å²) in [6.45, 7) is 3.99. The minimum Gasteiger partial charge on any atom is -0.493 e. The van der Waals surface area contributed by atoms with E-state index in [0.717, 1.165) is 0 Å². The molecule has 0 heterocycles. The molecule has 2 N–H and O–H groups in total. The number of para-hydroxylation sites is 1. The molecule has 0 aliphatic carbocycles. The van der Waals surface area contributed by atoms with E-state index in [4.69, 9.17) is 9.47 Å². The molecule has 20 heavy (non-hydrogen) atoms. The van der Waals surface area contributed by atoms with Gasteiger partial charge >= 0.3 is 0 Å². The maximum Gasteiger partial charge on any atom is 0.255 e. The Labute approximate surface area is 119 Å². The van der Waals surface area contributed by atoms with Crippen molar-refractivity contribution in [3.05, 3.63) is 23.8 Å². The van der Waals surface area contributed by atoms with Crippen molar-refractivity contribution in [3.63, 3.8) is 0 Å². The zero-order valence-corrected chi connectivity index (χ0v) is 12.5. The third-order valence-electron chi connectivity index (χ3n) is 3.54. The molecule has 0 unspecified atom stereocenters. The van der Waals surface area contributed by atoms with Crippen molar-refractivity contribution >= 4 is 5.91 Å². The van der Waals surface area contributed by atoms with Gasteiger partial charge in [0.25, 0.3) is 5.91 Å². The van der Waals surface area contributed by atoms with Crippen LogP contribution in [-0.2, 0) is 0 Å². The Morgan fingerprint density at radius 3 is 2.40 bits per heavy atom. The lowest BCUT2D eigenvalue weighted by Gasteiger charge is -2.25. The SMILES string of the molecule is CCC(O)(CC)CNC(=O)c1cccc(OC)c1OC. The molecule has 1 aromatic rings. The average Bonchev–Trinajstić information content (AvgIpc) is 2.51. The first-order valence-corrected chi connectivity index (χ1v) is 6.72. The van der Waals surface area contributed by atoms with Gasteiger partial charge in [0, 0.05) is 6.54 Å². The van der Waals surface area contributed by atoms with Gasteiger partial charge in [-0.05, 0) is 25.0 Å². The summed E-state index contributed by atoms with van der Waals surface area (Å²) >= 11 is 0. The molecule has 5 nitrogen and oxygen atoms in total. The molecule has 1 aromatic carbocycles. The fourth-order valence-corrected chi connectivity index (χ4v) is 1.91. The van der Waals surface area contributed by atoms with Gasteiger partial charge in [-0.25, -0.2) is 0 Å². The highest BCUT2D eigenvalue weighted by molar-refractivity contribution is 5.97. The van der Waals surface area contributed by atoms with E-state index in [0.29, 0.717) is 29.9 Å². The van der Waals surface area contributed by atoms with E-state index in [2.05, 4.69) is 5.32 Å². The fourth-order valence-electron chi connectivity index (χ4n) is 1.91. The number of hydrogen-bond acceptors (Lipinski definition) is 4. The number of methoxy groups -OCH3 is 2. The number of nitrogens with one attached hydrogen (secondary N) is 1. The Morgan fingerprint density at radius 2 is 1.90 bits per heavy atom. The molecule has 0 aliphatic rings. The molecule has 0 bridgehead atoms. The first-order chi connectivity index (χ1) is 9.51. The van der Waals surface area contributed by atoms with Crippen molar-refractivity contribution in [1.29, 1.82) is 0 Å². The van der Waals surface area contributed by atoms with Crippen LogP contribution in [0.3, 0.4) is 0 Å². The maximum atomic E-state index is 12.2. The van der Waals surface area contributed by atoms with Crippen molar-refractivity contribution < 1.29 is 19.4 Å². The smallest absolute Gasteiger partial charge is 0.255 e. The van der Waals surface area contributed by atoms with Crippen molar-refractivity contribution in [3.8, 4) is 11.5 Å². The van der Waals surface area contributed by atoms with Gasteiger partial charge in [-0.3, -0.25) is 4.79 Å². The molecule has 112 valence electrons. The maximum absolute atomic E-state index is 12.2. The normalized spacial score (nSPS) is 11.1. The summed E-state index contributed by atoms with van der Waals surface area (Å²) in [5.41, 5.74) is -0.483. The lowest BCUT2D eigenvalue weighted by Crippen LogP contribution is -2.42. The molecular weight excluding hydrogens is 258 g/mol. The zero-order chi connectivity index (χ0) is 15.2. The summed E-state index contributed by atoms with van der Waals surface area (Å²) < 4.78 is 10.4. The topological polar surface area (TPSA) is 67.8 Å². The number of aliphatic hydroxyl groups is 1. The van der Waals surface area contributed by atoms with Crippen LogP contribution >= 0.6 is 0 Å². The lowest BCUT2D eigenvalue weighted by molar-refractivity contribution is 0.0313. The molecule has 0 spiro atoms. The van der Waals surface area contributed by atoms with E-state index in [1.807, 2.05) is 13.8 Å². The Morgan fingerprint density at radius 1 is 1.25 bits per heavy atom. The van der Waals surface area contributed by atoms with Crippen LogP contribution < -0.4 is 14.8 Å². The summed E-state index contributed by atoms with van der Waals surface area (Å²) in [5, 5.41) is 12.9. The van der Waals surface area contributed by atoms with Gasteiger partial charge in [-0.1, -0.05) is 19.9 Å². The van der Waals surface area contributed by atoms with E-state index in [1.54, 1.807) is 18.2 Å². The minimum atomic E-state index is -0.873. The Bertz CT molecular complexity index is 455. The number of carbonyl (C=O) groups is 1. The third-order valence-corrected chi connectivity index (χ3v) is 3.54. The van der Waals surface area contributed by atoms with Crippen molar-refractivity contribution in [2.75, 3.05) is 20.8 Å². The zero-order valence-electron chi connectivity index (χ0n) is 12.5. The highest BCUT2D eigenvalue weighted by Gasteiger charge is 2.24. The van der Waals surface area contributed by atoms with Crippen LogP contribution in [-0.4, -0.2) is 37.4 Å². The third kappa shape index (κ3) is 3.63. The van der Waals surface area contributed by atoms with E-state index in [9.17, 15) is 9.90 Å². The van der Waals surface area contributed by atoms with Crippen LogP contribution in [0.2, 0.25) is 0 Å². The average molecular weight is 281 g/mol. The largest absolute Gasteiger partial charge is 0.493 e. The predicted octanol–water partition coefficient (Wildman–Crippen LogP) is 1.98. The van der Waals surface area contributed by atoms with E-state index < -0.39 is 5.60 Å². The molecular formula is C15H23NO4. The molecule has 0 radical (unpaired) electrons. The van der Waals surface area contributed by atoms with Gasteiger partial charge in [0.1, 0.15) is 0 Å². The highest BCUT2D eigenvalue weighted by atomic mass is 16.5. The molecule has 0 atom stereocenters. The second-order valence-corrected chi connectivity index (χ2v) is 4.66. The Balaban J connectivity index is 2.88. The molecule has 0 saturated heterocycles. The number of hydrogen-bond donors (Lipinski definition) is 2. The number of ether oxygens (including phenoxy) is 2. The molecule has 5 heteroatoms. The first-order valence-electron chi connectivity index (χ1n) is 6.72. The Hall–Kier alpha value is -1.75. The van der Waals surface area contributed by atoms with Gasteiger partial charge in [0.05, 0.1) is 25.4 Å². The van der Waals surface area contributed by atoms with Crippen LogP contribution in [0.15, 0.2) is 18.2 Å². The summed E-state index contributed by atoms with van der Waals surface area (Å²) in [4.78, 5) is 12.2. The van der Waals surface area contributed by atoms with Crippen LogP contribution in [0.4, 0.5) is 0 Å². The standard InChI is InChI=1S/C15H23NO4/c1-5-15(18,6-2)10-16-14(17)11-8-7-9-12(19-3)13(11)20-4/h7-9,18H,5-6,10H2,1-4H3,(H,16,17). The minimum absolute atomic E-state index is 0.208. The number of rotatable bonds is 7. The quantitative estimate of drug-likeness (QED) is 0.802. The van der Waals surface area contributed by atoms with E-state index in [-0.39, 0.29) is 12.5 Å². The summed E-state index contributed by atoms with van der Waals surface area (Å²) in [6, 6.07) is 5.11.